The summed E-state index contributed by atoms with van der Waals surface area (Å²) in [4.78, 5) is 0.451. The lowest BCUT2D eigenvalue weighted by Crippen LogP contribution is -3.00. The van der Waals surface area contributed by atoms with Gasteiger partial charge < -0.3 is 12.4 Å². The second-order valence-corrected chi connectivity index (χ2v) is 4.76. The summed E-state index contributed by atoms with van der Waals surface area (Å²) in [6.45, 7) is 2.45. The Bertz CT molecular complexity index is 533. The minimum Gasteiger partial charge on any atom is -1.00 e. The number of rotatable bonds is 2. The van der Waals surface area contributed by atoms with Crippen molar-refractivity contribution in [3.8, 4) is 0 Å². The molecule has 2 aromatic rings. The molecule has 0 aliphatic heterocycles. The van der Waals surface area contributed by atoms with Gasteiger partial charge in [0.05, 0.1) is 6.54 Å². The molecule has 0 radical (unpaired) electrons. The number of hydrogen-bond donors (Lipinski definition) is 1. The number of aromatic nitrogens is 2. The molecule has 1 heterocycles. The summed E-state index contributed by atoms with van der Waals surface area (Å²) in [5.41, 5.74) is 0.989. The monoisotopic (exact) mass is 274 g/mol. The van der Waals surface area contributed by atoms with E-state index in [1.165, 1.54) is 11.3 Å². The fourth-order valence-corrected chi connectivity index (χ4v) is 2.15. The first-order chi connectivity index (χ1) is 7.16. The Hall–Kier alpha value is -0.840. The van der Waals surface area contributed by atoms with E-state index >= 15 is 0 Å². The van der Waals surface area contributed by atoms with Crippen molar-refractivity contribution in [3.05, 3.63) is 44.7 Å². The molecule has 0 bridgehead atoms. The van der Waals surface area contributed by atoms with Crippen LogP contribution in [-0.2, 0) is 6.54 Å². The van der Waals surface area contributed by atoms with Gasteiger partial charge in [0.15, 0.2) is 0 Å². The Balaban J connectivity index is 0.00000128. The lowest BCUT2D eigenvalue weighted by Gasteiger charge is -2.03. The number of aryl methyl sites for hydroxylation is 1. The topological polar surface area (TPSA) is 41.7 Å². The van der Waals surface area contributed by atoms with Crippen molar-refractivity contribution in [1.29, 1.82) is 5.41 Å². The molecule has 6 heteroatoms. The van der Waals surface area contributed by atoms with Crippen LogP contribution >= 0.6 is 22.9 Å². The predicted octanol–water partition coefficient (Wildman–Crippen LogP) is -0.562. The van der Waals surface area contributed by atoms with Gasteiger partial charge in [-0.1, -0.05) is 41.1 Å². The Kier molecular flexibility index (Phi) is 4.53. The number of halogens is 2. The molecule has 2 rings (SSSR count). The van der Waals surface area contributed by atoms with Crippen LogP contribution in [-0.4, -0.2) is 9.78 Å². The molecule has 0 saturated carbocycles. The number of hydrogen-bond acceptors (Lipinski definition) is 3. The smallest absolute Gasteiger partial charge is 0.200 e. The first-order valence-corrected chi connectivity index (χ1v) is 5.69. The zero-order valence-corrected chi connectivity index (χ0v) is 10.9. The van der Waals surface area contributed by atoms with E-state index in [1.807, 2.05) is 31.2 Å². The molecule has 0 amide bonds. The van der Waals surface area contributed by atoms with Gasteiger partial charge in [0.1, 0.15) is 5.01 Å². The number of benzene rings is 1. The van der Waals surface area contributed by atoms with Crippen LogP contribution in [0.15, 0.2) is 24.3 Å². The molecule has 0 aliphatic rings. The number of nitrogens with zero attached hydrogens (tertiary/aromatic N) is 2. The second-order valence-electron chi connectivity index (χ2n) is 3.18. The molecule has 1 aromatic carbocycles. The fourth-order valence-electron chi connectivity index (χ4n) is 1.32. The maximum Gasteiger partial charge on any atom is 0.200 e. The van der Waals surface area contributed by atoms with Crippen LogP contribution in [0.3, 0.4) is 0 Å². The summed E-state index contributed by atoms with van der Waals surface area (Å²) in [5, 5.41) is 13.5. The van der Waals surface area contributed by atoms with E-state index in [-0.39, 0.29) is 12.4 Å². The van der Waals surface area contributed by atoms with Crippen molar-refractivity contribution in [3.63, 3.8) is 0 Å². The minimum atomic E-state index is 0. The summed E-state index contributed by atoms with van der Waals surface area (Å²) < 4.78 is 1.65. The van der Waals surface area contributed by atoms with Crippen LogP contribution in [0.1, 0.15) is 10.6 Å². The maximum atomic E-state index is 7.69. The lowest BCUT2D eigenvalue weighted by molar-refractivity contribution is -0.00000327. The molecular formula is C10H10Cl2N3S-. The summed E-state index contributed by atoms with van der Waals surface area (Å²) in [7, 11) is 0. The molecule has 0 spiro atoms. The van der Waals surface area contributed by atoms with E-state index in [9.17, 15) is 0 Å². The summed E-state index contributed by atoms with van der Waals surface area (Å²) in [6, 6.07) is 7.62. The van der Waals surface area contributed by atoms with E-state index in [0.29, 0.717) is 11.3 Å². The van der Waals surface area contributed by atoms with Crippen molar-refractivity contribution in [1.82, 2.24) is 9.78 Å². The minimum absolute atomic E-state index is 0. The molecule has 0 fully saturated rings. The van der Waals surface area contributed by atoms with Gasteiger partial charge in [0.25, 0.3) is 0 Å². The summed E-state index contributed by atoms with van der Waals surface area (Å²) in [5.74, 6) is 0. The molecule has 0 aliphatic carbocycles. The van der Waals surface area contributed by atoms with Crippen LogP contribution in [0.25, 0.3) is 0 Å². The maximum absolute atomic E-state index is 7.69. The lowest BCUT2D eigenvalue weighted by atomic mass is 10.2. The molecule has 0 unspecified atom stereocenters. The molecule has 3 nitrogen and oxygen atoms in total. The fraction of sp³-hybridized carbons (Fsp3) is 0.200. The van der Waals surface area contributed by atoms with Crippen LogP contribution in [0.2, 0.25) is 5.02 Å². The first-order valence-electron chi connectivity index (χ1n) is 4.49. The molecule has 16 heavy (non-hydrogen) atoms. The highest BCUT2D eigenvalue weighted by atomic mass is 35.5. The van der Waals surface area contributed by atoms with Gasteiger partial charge in [-0.25, -0.2) is 4.68 Å². The van der Waals surface area contributed by atoms with Gasteiger partial charge in [-0.15, -0.1) is 0 Å². The quantitative estimate of drug-likeness (QED) is 0.784. The summed E-state index contributed by atoms with van der Waals surface area (Å²) in [6.07, 6.45) is 0. The normalized spacial score (nSPS) is 9.88. The van der Waals surface area contributed by atoms with E-state index in [2.05, 4.69) is 5.10 Å². The highest BCUT2D eigenvalue weighted by Crippen LogP contribution is 2.15. The Morgan fingerprint density at radius 1 is 1.44 bits per heavy atom. The molecule has 1 N–H and O–H groups in total. The van der Waals surface area contributed by atoms with Crippen molar-refractivity contribution in [2.45, 2.75) is 13.5 Å². The van der Waals surface area contributed by atoms with E-state index in [4.69, 9.17) is 17.0 Å². The van der Waals surface area contributed by atoms with Crippen LogP contribution < -0.4 is 17.2 Å². The van der Waals surface area contributed by atoms with Gasteiger partial charge in [0.2, 0.25) is 4.80 Å². The van der Waals surface area contributed by atoms with Gasteiger partial charge in [-0.05, 0) is 18.6 Å². The van der Waals surface area contributed by atoms with Crippen molar-refractivity contribution in [2.24, 2.45) is 0 Å². The second kappa shape index (κ2) is 5.48. The molecule has 0 saturated heterocycles. The molecule has 86 valence electrons. The van der Waals surface area contributed by atoms with Gasteiger partial charge >= 0.3 is 0 Å². The van der Waals surface area contributed by atoms with Gasteiger partial charge in [-0.3, -0.25) is 5.41 Å². The average molecular weight is 275 g/mol. The van der Waals surface area contributed by atoms with Crippen molar-refractivity contribution in [2.75, 3.05) is 0 Å². The Morgan fingerprint density at radius 3 is 2.69 bits per heavy atom. The predicted molar refractivity (Wildman–Crippen MR) is 61.2 cm³/mol. The zero-order valence-electron chi connectivity index (χ0n) is 8.58. The molecule has 0 atom stereocenters. The first kappa shape index (κ1) is 13.2. The third-order valence-corrected chi connectivity index (χ3v) is 3.17. The van der Waals surface area contributed by atoms with Crippen molar-refractivity contribution < 1.29 is 12.4 Å². The van der Waals surface area contributed by atoms with Crippen LogP contribution in [0.4, 0.5) is 0 Å². The van der Waals surface area contributed by atoms with Crippen LogP contribution in [0, 0.1) is 12.3 Å². The number of nitrogens with one attached hydrogen (secondary N) is 1. The third kappa shape index (κ3) is 2.84. The van der Waals surface area contributed by atoms with E-state index in [1.54, 1.807) is 4.68 Å². The average Bonchev–Trinajstić information content (AvgIpc) is 2.49. The summed E-state index contributed by atoms with van der Waals surface area (Å²) >= 11 is 7.40. The van der Waals surface area contributed by atoms with Gasteiger partial charge in [-0.2, -0.15) is 5.10 Å². The largest absolute Gasteiger partial charge is 1.00 e. The standard InChI is InChI=1S/C10H10ClN3S.ClH/c1-7-13-14(10(12)15-7)6-8-4-2-3-5-9(8)11;/h2-5,12H,6H2,1H3;1H/p-1. The Labute approximate surface area is 109 Å². The zero-order chi connectivity index (χ0) is 10.8. The van der Waals surface area contributed by atoms with Gasteiger partial charge in [0, 0.05) is 5.02 Å². The van der Waals surface area contributed by atoms with E-state index in [0.717, 1.165) is 15.6 Å². The van der Waals surface area contributed by atoms with Crippen LogP contribution in [0.5, 0.6) is 0 Å². The highest BCUT2D eigenvalue weighted by molar-refractivity contribution is 7.08. The Morgan fingerprint density at radius 2 is 2.12 bits per heavy atom. The van der Waals surface area contributed by atoms with E-state index < -0.39 is 0 Å². The third-order valence-electron chi connectivity index (χ3n) is 2.02. The SMILES string of the molecule is Cc1nn(Cc2ccccc2Cl)c(=N)s1.[Cl-]. The molecular weight excluding hydrogens is 265 g/mol. The highest BCUT2D eigenvalue weighted by Gasteiger charge is 2.03. The van der Waals surface area contributed by atoms with Crippen molar-refractivity contribution >= 4 is 22.9 Å². The molecule has 1 aromatic heterocycles.